The van der Waals surface area contributed by atoms with Crippen LogP contribution in [0.15, 0.2) is 18.2 Å². The van der Waals surface area contributed by atoms with Gasteiger partial charge >= 0.3 is 5.97 Å². The number of hydrogen-bond donors (Lipinski definition) is 2. The average Bonchev–Trinajstić information content (AvgIpc) is 2.87. The lowest BCUT2D eigenvalue weighted by atomic mass is 10.1. The van der Waals surface area contributed by atoms with E-state index in [2.05, 4.69) is 4.90 Å². The van der Waals surface area contributed by atoms with E-state index in [1.165, 1.54) is 7.11 Å². The Kier molecular flexibility index (Phi) is 3.72. The summed E-state index contributed by atoms with van der Waals surface area (Å²) in [6, 6.07) is 5.12. The third-order valence-corrected chi connectivity index (χ3v) is 3.34. The van der Waals surface area contributed by atoms with Crippen molar-refractivity contribution in [1.29, 1.82) is 0 Å². The highest BCUT2D eigenvalue weighted by Gasteiger charge is 2.24. The van der Waals surface area contributed by atoms with Crippen LogP contribution in [0.3, 0.4) is 0 Å². The second-order valence-corrected chi connectivity index (χ2v) is 4.55. The lowest BCUT2D eigenvalue weighted by molar-refractivity contribution is 0.0601. The Morgan fingerprint density at radius 3 is 3.00 bits per heavy atom. The Labute approximate surface area is 106 Å². The lowest BCUT2D eigenvalue weighted by Gasteiger charge is -2.21. The normalized spacial score (nSPS) is 19.0. The molecule has 1 heterocycles. The topological polar surface area (TPSA) is 75.8 Å². The van der Waals surface area contributed by atoms with E-state index in [1.54, 1.807) is 18.2 Å². The van der Waals surface area contributed by atoms with Crippen molar-refractivity contribution >= 4 is 17.3 Å². The number of aliphatic hydroxyl groups excluding tert-OH is 1. The number of rotatable bonds is 3. The highest BCUT2D eigenvalue weighted by Crippen LogP contribution is 2.29. The minimum absolute atomic E-state index is 0.188. The first-order valence-corrected chi connectivity index (χ1v) is 5.99. The van der Waals surface area contributed by atoms with E-state index in [4.69, 9.17) is 15.6 Å². The third kappa shape index (κ3) is 2.41. The minimum atomic E-state index is -0.367. The first kappa shape index (κ1) is 12.7. The number of hydrogen-bond acceptors (Lipinski definition) is 5. The molecule has 1 aliphatic rings. The fraction of sp³-hybridized carbons (Fsp3) is 0.462. The highest BCUT2D eigenvalue weighted by atomic mass is 16.5. The predicted molar refractivity (Wildman–Crippen MR) is 69.6 cm³/mol. The van der Waals surface area contributed by atoms with Crippen LogP contribution in [0.1, 0.15) is 16.8 Å². The summed E-state index contributed by atoms with van der Waals surface area (Å²) in [6.45, 7) is 1.80. The van der Waals surface area contributed by atoms with Crippen molar-refractivity contribution < 1.29 is 14.6 Å². The zero-order valence-electron chi connectivity index (χ0n) is 10.4. The number of anilines is 2. The zero-order chi connectivity index (χ0) is 13.1. The summed E-state index contributed by atoms with van der Waals surface area (Å²) in [6.07, 6.45) is 0.943. The van der Waals surface area contributed by atoms with E-state index in [-0.39, 0.29) is 18.5 Å². The second kappa shape index (κ2) is 5.27. The van der Waals surface area contributed by atoms with Gasteiger partial charge in [0, 0.05) is 25.6 Å². The van der Waals surface area contributed by atoms with Crippen LogP contribution >= 0.6 is 0 Å². The van der Waals surface area contributed by atoms with E-state index < -0.39 is 0 Å². The van der Waals surface area contributed by atoms with Crippen LogP contribution in [0, 0.1) is 5.92 Å². The summed E-state index contributed by atoms with van der Waals surface area (Å²) in [5.74, 6) is -0.0830. The molecular weight excluding hydrogens is 232 g/mol. The number of nitrogens with zero attached hydrogens (tertiary/aromatic N) is 1. The highest BCUT2D eigenvalue weighted by molar-refractivity contribution is 5.92. The number of carbonyl (C=O) groups excluding carboxylic acids is 1. The van der Waals surface area contributed by atoms with Gasteiger partial charge in [-0.2, -0.15) is 0 Å². The van der Waals surface area contributed by atoms with Gasteiger partial charge in [0.2, 0.25) is 0 Å². The van der Waals surface area contributed by atoms with Crippen LogP contribution in [0.4, 0.5) is 11.4 Å². The molecule has 0 bridgehead atoms. The maximum Gasteiger partial charge on any atom is 0.337 e. The number of nitrogen functional groups attached to an aromatic ring is 1. The van der Waals surface area contributed by atoms with Crippen LogP contribution in [-0.4, -0.2) is 37.9 Å². The molecule has 3 N–H and O–H groups in total. The molecule has 1 fully saturated rings. The molecule has 1 aromatic carbocycles. The van der Waals surface area contributed by atoms with E-state index >= 15 is 0 Å². The molecule has 0 saturated carbocycles. The standard InChI is InChI=1S/C13H18N2O3/c1-18-13(17)10-2-3-11(14)12(6-10)15-5-4-9(7-15)8-16/h2-3,6,9,16H,4-5,7-8,14H2,1H3. The Morgan fingerprint density at radius 1 is 1.61 bits per heavy atom. The predicted octanol–water partition coefficient (Wildman–Crippen LogP) is 0.874. The third-order valence-electron chi connectivity index (χ3n) is 3.34. The van der Waals surface area contributed by atoms with Gasteiger partial charge in [0.25, 0.3) is 0 Å². The molecule has 2 rings (SSSR count). The summed E-state index contributed by atoms with van der Waals surface area (Å²) in [5.41, 5.74) is 7.92. The first-order valence-electron chi connectivity index (χ1n) is 5.99. The Balaban J connectivity index is 2.24. The van der Waals surface area contributed by atoms with Crippen LogP contribution < -0.4 is 10.6 Å². The molecule has 1 unspecified atom stereocenters. The number of carbonyl (C=O) groups is 1. The number of esters is 1. The minimum Gasteiger partial charge on any atom is -0.465 e. The molecular formula is C13H18N2O3. The van der Waals surface area contributed by atoms with Crippen LogP contribution in [-0.2, 0) is 4.74 Å². The summed E-state index contributed by atoms with van der Waals surface area (Å²) in [7, 11) is 1.36. The smallest absolute Gasteiger partial charge is 0.337 e. The molecule has 0 aromatic heterocycles. The Morgan fingerprint density at radius 2 is 2.39 bits per heavy atom. The lowest BCUT2D eigenvalue weighted by Crippen LogP contribution is -2.22. The maximum absolute atomic E-state index is 11.5. The fourth-order valence-corrected chi connectivity index (χ4v) is 2.26. The number of methoxy groups -OCH3 is 1. The van der Waals surface area contributed by atoms with Gasteiger partial charge in [-0.1, -0.05) is 0 Å². The van der Waals surface area contributed by atoms with Gasteiger partial charge in [-0.25, -0.2) is 4.79 Å². The van der Waals surface area contributed by atoms with Crippen LogP contribution in [0.25, 0.3) is 0 Å². The molecule has 1 aliphatic heterocycles. The van der Waals surface area contributed by atoms with Crippen molar-refractivity contribution in [2.45, 2.75) is 6.42 Å². The van der Waals surface area contributed by atoms with Gasteiger partial charge in [-0.15, -0.1) is 0 Å². The van der Waals surface area contributed by atoms with Gasteiger partial charge in [-0.3, -0.25) is 0 Å². The molecule has 0 aliphatic carbocycles. The van der Waals surface area contributed by atoms with E-state index in [9.17, 15) is 4.79 Å². The number of nitrogens with two attached hydrogens (primary N) is 1. The Hall–Kier alpha value is -1.75. The molecule has 1 atom stereocenters. The van der Waals surface area contributed by atoms with Crippen molar-refractivity contribution in [3.63, 3.8) is 0 Å². The molecule has 1 aromatic rings. The van der Waals surface area contributed by atoms with Crippen molar-refractivity contribution in [2.24, 2.45) is 5.92 Å². The van der Waals surface area contributed by atoms with Crippen LogP contribution in [0.2, 0.25) is 0 Å². The van der Waals surface area contributed by atoms with Gasteiger partial charge in [0.15, 0.2) is 0 Å². The molecule has 98 valence electrons. The fourth-order valence-electron chi connectivity index (χ4n) is 2.26. The van der Waals surface area contributed by atoms with Crippen molar-refractivity contribution in [3.05, 3.63) is 23.8 Å². The monoisotopic (exact) mass is 250 g/mol. The average molecular weight is 250 g/mol. The maximum atomic E-state index is 11.5. The quantitative estimate of drug-likeness (QED) is 0.615. The summed E-state index contributed by atoms with van der Waals surface area (Å²) < 4.78 is 4.70. The molecule has 0 radical (unpaired) electrons. The van der Waals surface area contributed by atoms with Crippen LogP contribution in [0.5, 0.6) is 0 Å². The zero-order valence-corrected chi connectivity index (χ0v) is 10.4. The van der Waals surface area contributed by atoms with Crippen molar-refractivity contribution in [3.8, 4) is 0 Å². The summed E-state index contributed by atoms with van der Waals surface area (Å²) in [4.78, 5) is 13.6. The molecule has 1 saturated heterocycles. The van der Waals surface area contributed by atoms with Gasteiger partial charge in [0.1, 0.15) is 0 Å². The molecule has 5 nitrogen and oxygen atoms in total. The number of aliphatic hydroxyl groups is 1. The summed E-state index contributed by atoms with van der Waals surface area (Å²) in [5, 5.41) is 9.15. The molecule has 0 amide bonds. The second-order valence-electron chi connectivity index (χ2n) is 4.55. The largest absolute Gasteiger partial charge is 0.465 e. The molecule has 5 heteroatoms. The molecule has 0 spiro atoms. The summed E-state index contributed by atoms with van der Waals surface area (Å²) >= 11 is 0. The molecule has 18 heavy (non-hydrogen) atoms. The van der Waals surface area contributed by atoms with Crippen molar-refractivity contribution in [2.75, 3.05) is 37.4 Å². The SMILES string of the molecule is COC(=O)c1ccc(N)c(N2CCC(CO)C2)c1. The number of ether oxygens (including phenoxy) is 1. The van der Waals surface area contributed by atoms with Gasteiger partial charge < -0.3 is 20.5 Å². The van der Waals surface area contributed by atoms with Crippen molar-refractivity contribution in [1.82, 2.24) is 0 Å². The Bertz CT molecular complexity index is 448. The van der Waals surface area contributed by atoms with E-state index in [0.717, 1.165) is 25.2 Å². The van der Waals surface area contributed by atoms with Gasteiger partial charge in [-0.05, 0) is 24.6 Å². The van der Waals surface area contributed by atoms with E-state index in [1.807, 2.05) is 0 Å². The number of benzene rings is 1. The van der Waals surface area contributed by atoms with Gasteiger partial charge in [0.05, 0.1) is 24.0 Å². The van der Waals surface area contributed by atoms with E-state index in [0.29, 0.717) is 11.3 Å². The first-order chi connectivity index (χ1) is 8.65.